The second-order valence-electron chi connectivity index (χ2n) is 10.4. The van der Waals surface area contributed by atoms with Crippen LogP contribution in [0.25, 0.3) is 0 Å². The van der Waals surface area contributed by atoms with E-state index in [1.54, 1.807) is 51.2 Å². The van der Waals surface area contributed by atoms with Crippen LogP contribution in [-0.2, 0) is 9.53 Å². The van der Waals surface area contributed by atoms with Gasteiger partial charge in [-0.25, -0.2) is 14.2 Å². The molecule has 10 nitrogen and oxygen atoms in total. The molecule has 0 unspecified atom stereocenters. The van der Waals surface area contributed by atoms with E-state index in [9.17, 15) is 14.0 Å². The maximum absolute atomic E-state index is 14.0. The van der Waals surface area contributed by atoms with Gasteiger partial charge in [0.2, 0.25) is 11.9 Å². The van der Waals surface area contributed by atoms with Gasteiger partial charge in [0.25, 0.3) is 0 Å². The minimum atomic E-state index is -1.27. The van der Waals surface area contributed by atoms with Crippen molar-refractivity contribution in [3.8, 4) is 17.9 Å². The molecule has 2 amide bonds. The van der Waals surface area contributed by atoms with Crippen molar-refractivity contribution in [2.45, 2.75) is 71.2 Å². The van der Waals surface area contributed by atoms with Crippen LogP contribution in [0.5, 0.6) is 0 Å². The fourth-order valence-corrected chi connectivity index (χ4v) is 3.89. The molecule has 0 radical (unpaired) electrons. The fraction of sp³-hybridized carbons (Fsp3) is 0.483. The van der Waals surface area contributed by atoms with E-state index >= 15 is 0 Å². The van der Waals surface area contributed by atoms with Crippen LogP contribution in [0, 0.1) is 23.2 Å². The van der Waals surface area contributed by atoms with Crippen molar-refractivity contribution in [1.29, 1.82) is 5.26 Å². The third kappa shape index (κ3) is 9.12. The lowest BCUT2D eigenvalue weighted by atomic mass is 10.2. The van der Waals surface area contributed by atoms with Crippen molar-refractivity contribution < 1.29 is 18.7 Å². The van der Waals surface area contributed by atoms with Crippen molar-refractivity contribution in [3.63, 3.8) is 0 Å². The molecular formula is C29H36FN7O3. The number of unbranched alkanes of at least 4 members (excludes halogenated alkanes) is 1. The Hall–Kier alpha value is -4.38. The number of hydrogen-bond acceptors (Lipinski definition) is 8. The summed E-state index contributed by atoms with van der Waals surface area (Å²) in [6.07, 6.45) is 1.63. The quantitative estimate of drug-likeness (QED) is 0.308. The molecule has 2 aromatic rings. The molecule has 2 heterocycles. The lowest BCUT2D eigenvalue weighted by molar-refractivity contribution is -0.125. The number of nitrogens with zero attached hydrogens (tertiary/aromatic N) is 4. The summed E-state index contributed by atoms with van der Waals surface area (Å²) in [5.74, 6) is 6.79. The summed E-state index contributed by atoms with van der Waals surface area (Å²) >= 11 is 0. The van der Waals surface area contributed by atoms with Crippen LogP contribution < -0.4 is 16.0 Å². The molecule has 40 heavy (non-hydrogen) atoms. The molecule has 11 heteroatoms. The van der Waals surface area contributed by atoms with Crippen molar-refractivity contribution in [2.75, 3.05) is 30.3 Å². The van der Waals surface area contributed by atoms with E-state index < -0.39 is 29.8 Å². The normalized spacial score (nSPS) is 16.4. The first-order valence-electron chi connectivity index (χ1n) is 13.4. The Morgan fingerprint density at radius 3 is 2.65 bits per heavy atom. The van der Waals surface area contributed by atoms with Crippen LogP contribution >= 0.6 is 0 Å². The van der Waals surface area contributed by atoms with Crippen LogP contribution in [0.3, 0.4) is 0 Å². The zero-order chi connectivity index (χ0) is 29.1. The molecular weight excluding hydrogens is 513 g/mol. The highest BCUT2D eigenvalue weighted by atomic mass is 19.1. The molecule has 212 valence electrons. The predicted molar refractivity (Wildman–Crippen MR) is 151 cm³/mol. The molecule has 1 aliphatic rings. The summed E-state index contributed by atoms with van der Waals surface area (Å²) in [5.41, 5.74) is 1.24. The molecule has 2 atom stereocenters. The van der Waals surface area contributed by atoms with Crippen molar-refractivity contribution in [3.05, 3.63) is 41.6 Å². The lowest BCUT2D eigenvalue weighted by Crippen LogP contribution is -2.47. The van der Waals surface area contributed by atoms with Gasteiger partial charge in [0.05, 0.1) is 29.9 Å². The molecule has 1 aliphatic heterocycles. The number of carbonyl (C=O) groups is 2. The molecule has 3 rings (SSSR count). The van der Waals surface area contributed by atoms with Gasteiger partial charge in [-0.3, -0.25) is 9.69 Å². The summed E-state index contributed by atoms with van der Waals surface area (Å²) in [6.45, 7) is 8.13. The van der Waals surface area contributed by atoms with Gasteiger partial charge in [-0.1, -0.05) is 18.8 Å². The van der Waals surface area contributed by atoms with Gasteiger partial charge in [0.1, 0.15) is 23.6 Å². The smallest absolute Gasteiger partial charge is 0.411 e. The SMILES string of the molecule is CCCNc1nc(Nc2ccc(C#N)cc2)ncc1C#CCCCNC(=O)[C@@H]1C[C@H](F)CN1C(=O)OC(C)(C)C. The van der Waals surface area contributed by atoms with Crippen molar-refractivity contribution in [1.82, 2.24) is 20.2 Å². The van der Waals surface area contributed by atoms with Gasteiger partial charge in [-0.05, 0) is 57.9 Å². The number of nitrogens with one attached hydrogen (secondary N) is 3. The van der Waals surface area contributed by atoms with E-state index in [4.69, 9.17) is 10.00 Å². The zero-order valence-corrected chi connectivity index (χ0v) is 23.4. The molecule has 0 spiro atoms. The van der Waals surface area contributed by atoms with Gasteiger partial charge in [0.15, 0.2) is 0 Å². The highest BCUT2D eigenvalue weighted by Gasteiger charge is 2.41. The van der Waals surface area contributed by atoms with E-state index in [0.717, 1.165) is 23.6 Å². The average Bonchev–Trinajstić information content (AvgIpc) is 3.31. The molecule has 1 fully saturated rings. The molecule has 1 saturated heterocycles. The third-order valence-corrected chi connectivity index (χ3v) is 5.78. The third-order valence-electron chi connectivity index (χ3n) is 5.78. The number of rotatable bonds is 9. The zero-order valence-electron chi connectivity index (χ0n) is 23.4. The Labute approximate surface area is 234 Å². The topological polar surface area (TPSA) is 132 Å². The van der Waals surface area contributed by atoms with Gasteiger partial charge in [0, 0.05) is 31.6 Å². The molecule has 3 N–H and O–H groups in total. The second-order valence-corrected chi connectivity index (χ2v) is 10.4. The number of amides is 2. The summed E-state index contributed by atoms with van der Waals surface area (Å²) in [4.78, 5) is 35.1. The molecule has 1 aromatic carbocycles. The van der Waals surface area contributed by atoms with Gasteiger partial charge >= 0.3 is 6.09 Å². The number of carbonyl (C=O) groups excluding carboxylic acids is 2. The van der Waals surface area contributed by atoms with Gasteiger partial charge in [-0.2, -0.15) is 10.2 Å². The van der Waals surface area contributed by atoms with Gasteiger partial charge < -0.3 is 20.7 Å². The number of alkyl halides is 1. The first kappa shape index (κ1) is 30.2. The molecule has 0 bridgehead atoms. The van der Waals surface area contributed by atoms with Crippen molar-refractivity contribution in [2.24, 2.45) is 0 Å². The van der Waals surface area contributed by atoms with Crippen molar-refractivity contribution >= 4 is 29.5 Å². The van der Waals surface area contributed by atoms with E-state index in [0.29, 0.717) is 42.3 Å². The average molecular weight is 550 g/mol. The molecule has 0 aliphatic carbocycles. The lowest BCUT2D eigenvalue weighted by Gasteiger charge is -2.27. The maximum Gasteiger partial charge on any atom is 0.411 e. The summed E-state index contributed by atoms with van der Waals surface area (Å²) in [6, 6.07) is 8.18. The molecule has 1 aromatic heterocycles. The first-order valence-corrected chi connectivity index (χ1v) is 13.4. The van der Waals surface area contributed by atoms with E-state index in [1.807, 2.05) is 0 Å². The minimum absolute atomic E-state index is 0.0472. The first-order chi connectivity index (χ1) is 19.1. The predicted octanol–water partition coefficient (Wildman–Crippen LogP) is 4.51. The minimum Gasteiger partial charge on any atom is -0.444 e. The van der Waals surface area contributed by atoms with Crippen LogP contribution in [0.1, 0.15) is 64.5 Å². The number of halogens is 1. The Kier molecular flexibility index (Phi) is 10.7. The monoisotopic (exact) mass is 549 g/mol. The highest BCUT2D eigenvalue weighted by Crippen LogP contribution is 2.23. The maximum atomic E-state index is 14.0. The second kappa shape index (κ2) is 14.1. The number of aromatic nitrogens is 2. The van der Waals surface area contributed by atoms with E-state index in [1.165, 1.54) is 0 Å². The van der Waals surface area contributed by atoms with E-state index in [-0.39, 0.29) is 13.0 Å². The Morgan fingerprint density at radius 1 is 1.23 bits per heavy atom. The fourth-order valence-electron chi connectivity index (χ4n) is 3.89. The number of likely N-dealkylation sites (tertiary alicyclic amines) is 1. The molecule has 0 saturated carbocycles. The number of benzene rings is 1. The van der Waals surface area contributed by atoms with Gasteiger partial charge in [-0.15, -0.1) is 0 Å². The Bertz CT molecular complexity index is 1280. The standard InChI is InChI=1S/C29H36FN7O3/c1-5-14-32-25-21(18-34-27(36-25)35-23-12-10-20(17-31)11-13-23)9-7-6-8-15-33-26(38)24-16-22(30)19-37(24)28(39)40-29(2,3)4/h10-13,18,22,24H,5-6,8,14-16,19H2,1-4H3,(H,33,38)(H2,32,34,35,36)/t22-,24-/m0/s1. The van der Waals surface area contributed by atoms with Crippen LogP contribution in [0.15, 0.2) is 30.5 Å². The number of hydrogen-bond donors (Lipinski definition) is 3. The number of nitriles is 1. The Morgan fingerprint density at radius 2 is 1.98 bits per heavy atom. The number of ether oxygens (including phenoxy) is 1. The Balaban J connectivity index is 1.53. The summed E-state index contributed by atoms with van der Waals surface area (Å²) < 4.78 is 19.3. The summed E-state index contributed by atoms with van der Waals surface area (Å²) in [5, 5.41) is 18.1. The van der Waals surface area contributed by atoms with Crippen LogP contribution in [-0.4, -0.2) is 64.3 Å². The van der Waals surface area contributed by atoms with E-state index in [2.05, 4.69) is 50.8 Å². The largest absolute Gasteiger partial charge is 0.444 e. The van der Waals surface area contributed by atoms with Crippen LogP contribution in [0.2, 0.25) is 0 Å². The number of anilines is 3. The van der Waals surface area contributed by atoms with Crippen LogP contribution in [0.4, 0.5) is 26.6 Å². The highest BCUT2D eigenvalue weighted by molar-refractivity contribution is 5.86. The summed E-state index contributed by atoms with van der Waals surface area (Å²) in [7, 11) is 0.